The van der Waals surface area contributed by atoms with Gasteiger partial charge in [-0.05, 0) is 128 Å². The third-order valence-electron chi connectivity index (χ3n) is 9.27. The van der Waals surface area contributed by atoms with Crippen molar-refractivity contribution in [3.8, 4) is 11.1 Å². The molecule has 4 atom stereocenters. The summed E-state index contributed by atoms with van der Waals surface area (Å²) in [6.45, 7) is 17.6. The van der Waals surface area contributed by atoms with Gasteiger partial charge in [0.1, 0.15) is 35.4 Å². The van der Waals surface area contributed by atoms with Crippen LogP contribution >= 0.6 is 0 Å². The first-order chi connectivity index (χ1) is 29.0. The molecule has 16 heteroatoms. The van der Waals surface area contributed by atoms with Crippen LogP contribution in [0.2, 0.25) is 0 Å². The summed E-state index contributed by atoms with van der Waals surface area (Å²) in [5, 5.41) is 25.3. The fourth-order valence-corrected chi connectivity index (χ4v) is 6.09. The van der Waals surface area contributed by atoms with Crippen molar-refractivity contribution < 1.29 is 48.1 Å². The molecule has 0 aliphatic carbocycles. The highest BCUT2D eigenvalue weighted by molar-refractivity contribution is 5.99. The van der Waals surface area contributed by atoms with E-state index in [0.29, 0.717) is 18.4 Å². The zero-order valence-corrected chi connectivity index (χ0v) is 38.2. The highest BCUT2D eigenvalue weighted by Crippen LogP contribution is 2.21. The highest BCUT2D eigenvalue weighted by atomic mass is 16.6. The topological polar surface area (TPSA) is 230 Å². The Balaban J connectivity index is 2.31. The van der Waals surface area contributed by atoms with Crippen molar-refractivity contribution in [1.82, 2.24) is 31.9 Å². The molecule has 0 fully saturated rings. The molecule has 0 aliphatic rings. The van der Waals surface area contributed by atoms with Crippen LogP contribution < -0.4 is 31.9 Å². The average Bonchev–Trinajstić information content (AvgIpc) is 3.17. The second-order valence-corrected chi connectivity index (χ2v) is 17.9. The average molecular weight is 867 g/mol. The van der Waals surface area contributed by atoms with Crippen LogP contribution in [0.5, 0.6) is 0 Å². The summed E-state index contributed by atoms with van der Waals surface area (Å²) in [5.74, 6) is -4.04. The lowest BCUT2D eigenvalue weighted by Gasteiger charge is -2.25. The molecule has 2 aromatic rings. The summed E-state index contributed by atoms with van der Waals surface area (Å²) in [6, 6.07) is 10.4. The standard InChI is InChI=1S/C46H70N6O10/c1-11-12-15-31-17-19-32(20-18-31)33-21-23-34(24-22-33)39(54)50-35(16-13-14-26-47-43(59)61-45(5,6)7)41(56)51-36(25-27-48-44(60)62-46(8,9)10)40(55)49-30(4)38(53)52-37(42(57)58)28-29(2)3/h17-24,29-30,35-37H,11-16,25-28H2,1-10H3,(H,47,59)(H,48,60)(H,49,55)(H,50,54)(H,51,56)(H,52,53)(H,57,58). The predicted molar refractivity (Wildman–Crippen MR) is 237 cm³/mol. The van der Waals surface area contributed by atoms with Crippen LogP contribution in [0.3, 0.4) is 0 Å². The number of amides is 6. The van der Waals surface area contributed by atoms with E-state index in [0.717, 1.165) is 30.4 Å². The van der Waals surface area contributed by atoms with Gasteiger partial charge in [0.15, 0.2) is 0 Å². The fraction of sp³-hybridized carbons (Fsp3) is 0.587. The summed E-state index contributed by atoms with van der Waals surface area (Å²) in [5.41, 5.74) is 1.96. The van der Waals surface area contributed by atoms with E-state index in [9.17, 15) is 38.7 Å². The summed E-state index contributed by atoms with van der Waals surface area (Å²) in [4.78, 5) is 90.9. The molecule has 0 bridgehead atoms. The lowest BCUT2D eigenvalue weighted by atomic mass is 10.0. The minimum atomic E-state index is -1.32. The first-order valence-corrected chi connectivity index (χ1v) is 21.6. The van der Waals surface area contributed by atoms with E-state index < -0.39 is 77.2 Å². The van der Waals surface area contributed by atoms with Gasteiger partial charge in [-0.25, -0.2) is 14.4 Å². The third-order valence-corrected chi connectivity index (χ3v) is 9.27. The largest absolute Gasteiger partial charge is 0.480 e. The number of benzene rings is 2. The maximum Gasteiger partial charge on any atom is 0.407 e. The van der Waals surface area contributed by atoms with E-state index in [4.69, 9.17) is 9.47 Å². The number of aliphatic carboxylic acids is 1. The Bertz CT molecular complexity index is 1780. The van der Waals surface area contributed by atoms with Gasteiger partial charge in [0.25, 0.3) is 5.91 Å². The van der Waals surface area contributed by atoms with Crippen LogP contribution in [-0.4, -0.2) is 95.4 Å². The van der Waals surface area contributed by atoms with Gasteiger partial charge in [0.05, 0.1) is 0 Å². The van der Waals surface area contributed by atoms with Gasteiger partial charge in [0.2, 0.25) is 17.7 Å². The normalized spacial score (nSPS) is 13.4. The number of carboxylic acids is 1. The molecular formula is C46H70N6O10. The molecule has 0 saturated carbocycles. The van der Waals surface area contributed by atoms with Crippen molar-refractivity contribution in [2.24, 2.45) is 5.92 Å². The Labute approximate surface area is 366 Å². The highest BCUT2D eigenvalue weighted by Gasteiger charge is 2.30. The van der Waals surface area contributed by atoms with Crippen LogP contribution in [-0.2, 0) is 35.1 Å². The summed E-state index contributed by atoms with van der Waals surface area (Å²) in [7, 11) is 0. The predicted octanol–water partition coefficient (Wildman–Crippen LogP) is 6.01. The molecule has 0 saturated heterocycles. The third kappa shape index (κ3) is 20.7. The number of ether oxygens (including phenoxy) is 2. The summed E-state index contributed by atoms with van der Waals surface area (Å²) in [6.07, 6.45) is 2.82. The number of carboxylic acid groups (broad SMARTS) is 1. The van der Waals surface area contributed by atoms with Crippen molar-refractivity contribution in [1.29, 1.82) is 0 Å². The van der Waals surface area contributed by atoms with Crippen molar-refractivity contribution in [3.63, 3.8) is 0 Å². The first-order valence-electron chi connectivity index (χ1n) is 21.6. The van der Waals surface area contributed by atoms with Gasteiger partial charge in [-0.1, -0.05) is 63.6 Å². The molecule has 62 heavy (non-hydrogen) atoms. The number of hydrogen-bond acceptors (Lipinski definition) is 9. The van der Waals surface area contributed by atoms with E-state index in [1.807, 2.05) is 38.1 Å². The Hall–Kier alpha value is -5.67. The van der Waals surface area contributed by atoms with E-state index in [2.05, 4.69) is 51.0 Å². The minimum absolute atomic E-state index is 0.0366. The molecule has 2 rings (SSSR count). The number of unbranched alkanes of at least 4 members (excludes halogenated alkanes) is 2. The molecule has 7 N–H and O–H groups in total. The second-order valence-electron chi connectivity index (χ2n) is 17.9. The molecule has 0 radical (unpaired) electrons. The summed E-state index contributed by atoms with van der Waals surface area (Å²) < 4.78 is 10.6. The molecular weight excluding hydrogens is 797 g/mol. The van der Waals surface area contributed by atoms with E-state index >= 15 is 0 Å². The number of alkyl carbamates (subject to hydrolysis) is 2. The van der Waals surface area contributed by atoms with Crippen molar-refractivity contribution in [3.05, 3.63) is 59.7 Å². The van der Waals surface area contributed by atoms with Gasteiger partial charge in [-0.2, -0.15) is 0 Å². The molecule has 6 amide bonds. The van der Waals surface area contributed by atoms with Crippen LogP contribution in [0.4, 0.5) is 9.59 Å². The molecule has 2 aromatic carbocycles. The maximum atomic E-state index is 14.1. The molecule has 4 unspecified atom stereocenters. The van der Waals surface area contributed by atoms with Gasteiger partial charge in [-0.15, -0.1) is 0 Å². The van der Waals surface area contributed by atoms with Crippen molar-refractivity contribution in [2.75, 3.05) is 13.1 Å². The number of hydrogen-bond donors (Lipinski definition) is 7. The van der Waals surface area contributed by atoms with Crippen molar-refractivity contribution in [2.45, 2.75) is 156 Å². The fourth-order valence-electron chi connectivity index (χ4n) is 6.09. The maximum absolute atomic E-state index is 14.1. The quantitative estimate of drug-likeness (QED) is 0.0644. The Morgan fingerprint density at radius 3 is 1.61 bits per heavy atom. The van der Waals surface area contributed by atoms with Gasteiger partial charge in [0, 0.05) is 18.7 Å². The zero-order valence-electron chi connectivity index (χ0n) is 38.2. The van der Waals surface area contributed by atoms with Gasteiger partial charge < -0.3 is 46.5 Å². The smallest absolute Gasteiger partial charge is 0.407 e. The minimum Gasteiger partial charge on any atom is -0.480 e. The van der Waals surface area contributed by atoms with Crippen molar-refractivity contribution >= 4 is 41.8 Å². The van der Waals surface area contributed by atoms with E-state index in [1.54, 1.807) is 53.7 Å². The molecule has 344 valence electrons. The monoisotopic (exact) mass is 867 g/mol. The molecule has 0 aliphatic heterocycles. The number of rotatable bonds is 23. The van der Waals surface area contributed by atoms with Crippen LogP contribution in [0.15, 0.2) is 48.5 Å². The Kier molecular flexibility index (Phi) is 21.4. The molecule has 16 nitrogen and oxygen atoms in total. The lowest BCUT2D eigenvalue weighted by molar-refractivity contribution is -0.142. The SMILES string of the molecule is CCCCc1ccc(-c2ccc(C(=O)NC(CCCCNC(=O)OC(C)(C)C)C(=O)NC(CCNC(=O)OC(C)(C)C)C(=O)NC(C)C(=O)NC(CC(C)C)C(=O)O)cc2)cc1. The Morgan fingerprint density at radius 1 is 0.597 bits per heavy atom. The zero-order chi connectivity index (χ0) is 46.6. The van der Waals surface area contributed by atoms with Crippen LogP contribution in [0, 0.1) is 5.92 Å². The van der Waals surface area contributed by atoms with Gasteiger partial charge in [-0.3, -0.25) is 19.2 Å². The van der Waals surface area contributed by atoms with E-state index in [-0.39, 0.29) is 38.3 Å². The first kappa shape index (κ1) is 52.5. The number of aryl methyl sites for hydroxylation is 1. The number of carbonyl (C=O) groups excluding carboxylic acids is 6. The number of nitrogens with one attached hydrogen (secondary N) is 6. The Morgan fingerprint density at radius 2 is 1.10 bits per heavy atom. The summed E-state index contributed by atoms with van der Waals surface area (Å²) >= 11 is 0. The molecule has 0 heterocycles. The van der Waals surface area contributed by atoms with Gasteiger partial charge >= 0.3 is 18.2 Å². The lowest BCUT2D eigenvalue weighted by Crippen LogP contribution is -2.57. The second kappa shape index (κ2) is 25.3. The van der Waals surface area contributed by atoms with Crippen LogP contribution in [0.25, 0.3) is 11.1 Å². The van der Waals surface area contributed by atoms with E-state index in [1.165, 1.54) is 12.5 Å². The number of carbonyl (C=O) groups is 7. The van der Waals surface area contributed by atoms with Crippen LogP contribution in [0.1, 0.15) is 130 Å². The molecule has 0 aromatic heterocycles. The molecule has 0 spiro atoms.